The molecular weight excluding hydrogens is 436 g/mol. The molecule has 11 heteroatoms. The van der Waals surface area contributed by atoms with Gasteiger partial charge in [0.1, 0.15) is 18.4 Å². The van der Waals surface area contributed by atoms with E-state index in [9.17, 15) is 23.2 Å². The normalized spacial score (nSPS) is 16.4. The first-order valence-electron chi connectivity index (χ1n) is 9.83. The number of carbonyl (C=O) groups excluding carboxylic acids is 1. The minimum atomic E-state index is -4.16. The van der Waals surface area contributed by atoms with Crippen molar-refractivity contribution in [2.45, 2.75) is 24.0 Å². The summed E-state index contributed by atoms with van der Waals surface area (Å²) in [6, 6.07) is 13.9. The molecule has 0 bridgehead atoms. The molecule has 3 N–H and O–H groups in total. The lowest BCUT2D eigenvalue weighted by Gasteiger charge is -2.32. The predicted molar refractivity (Wildman–Crippen MR) is 114 cm³/mol. The molecule has 0 fully saturated rings. The number of amides is 1. The van der Waals surface area contributed by atoms with Crippen LogP contribution in [-0.2, 0) is 34.9 Å². The number of H-pyrrole nitrogens is 1. The van der Waals surface area contributed by atoms with E-state index in [1.54, 1.807) is 0 Å². The van der Waals surface area contributed by atoms with Gasteiger partial charge >= 0.3 is 0 Å². The Balaban J connectivity index is 1.61. The van der Waals surface area contributed by atoms with Crippen molar-refractivity contribution in [2.75, 3.05) is 6.54 Å². The standard InChI is InChI=1S/C21H22N4O6S/c1-24-21(27)18-17(22-24)11-12-25(19(18)20(26)23-28)32(29,30)16-9-7-15(8-10-16)31-13-14-5-3-2-4-6-14/h2-10,19,22,28H,11-13H2,1H3,(H,23,26). The Morgan fingerprint density at radius 2 is 1.88 bits per heavy atom. The highest BCUT2D eigenvalue weighted by Gasteiger charge is 2.43. The topological polar surface area (TPSA) is 134 Å². The summed E-state index contributed by atoms with van der Waals surface area (Å²) in [6.07, 6.45) is 0.220. The number of carbonyl (C=O) groups is 1. The maximum absolute atomic E-state index is 13.3. The number of nitrogens with one attached hydrogen (secondary N) is 2. The van der Waals surface area contributed by atoms with Gasteiger partial charge in [-0.25, -0.2) is 13.9 Å². The summed E-state index contributed by atoms with van der Waals surface area (Å²) in [5, 5.41) is 12.0. The Bertz CT molecular complexity index is 1280. The summed E-state index contributed by atoms with van der Waals surface area (Å²) >= 11 is 0. The number of ether oxygens (including phenoxy) is 1. The highest BCUT2D eigenvalue weighted by Crippen LogP contribution is 2.32. The van der Waals surface area contributed by atoms with E-state index in [1.165, 1.54) is 41.5 Å². The summed E-state index contributed by atoms with van der Waals surface area (Å²) in [4.78, 5) is 24.9. The molecule has 0 saturated carbocycles. The van der Waals surface area contributed by atoms with E-state index in [1.807, 2.05) is 30.3 Å². The van der Waals surface area contributed by atoms with Gasteiger partial charge in [0, 0.05) is 25.7 Å². The zero-order valence-corrected chi connectivity index (χ0v) is 18.0. The lowest BCUT2D eigenvalue weighted by molar-refractivity contribution is -0.133. The molecule has 32 heavy (non-hydrogen) atoms. The van der Waals surface area contributed by atoms with E-state index in [0.29, 0.717) is 18.1 Å². The maximum Gasteiger partial charge on any atom is 0.271 e. The van der Waals surface area contributed by atoms with E-state index in [-0.39, 0.29) is 23.4 Å². The fourth-order valence-corrected chi connectivity index (χ4v) is 5.32. The quantitative estimate of drug-likeness (QED) is 0.374. The molecule has 2 heterocycles. The fraction of sp³-hybridized carbons (Fsp3) is 0.238. The summed E-state index contributed by atoms with van der Waals surface area (Å²) in [5.41, 5.74) is 2.38. The minimum Gasteiger partial charge on any atom is -0.489 e. The van der Waals surface area contributed by atoms with Crippen molar-refractivity contribution in [3.05, 3.63) is 81.8 Å². The molecule has 0 saturated heterocycles. The largest absolute Gasteiger partial charge is 0.489 e. The summed E-state index contributed by atoms with van der Waals surface area (Å²) < 4.78 is 34.5. The third kappa shape index (κ3) is 3.93. The average Bonchev–Trinajstić information content (AvgIpc) is 3.11. The van der Waals surface area contributed by atoms with Gasteiger partial charge in [-0.1, -0.05) is 30.3 Å². The van der Waals surface area contributed by atoms with Gasteiger partial charge in [0.25, 0.3) is 11.5 Å². The van der Waals surface area contributed by atoms with E-state index in [4.69, 9.17) is 4.74 Å². The Kier molecular flexibility index (Phi) is 5.87. The number of aromatic amines is 1. The van der Waals surface area contributed by atoms with Crippen LogP contribution in [0.25, 0.3) is 0 Å². The van der Waals surface area contributed by atoms with Gasteiger partial charge in [-0.15, -0.1) is 0 Å². The van der Waals surface area contributed by atoms with Crippen LogP contribution in [0.3, 0.4) is 0 Å². The lowest BCUT2D eigenvalue weighted by Crippen LogP contribution is -2.48. The minimum absolute atomic E-state index is 0.00307. The number of rotatable bonds is 6. The summed E-state index contributed by atoms with van der Waals surface area (Å²) in [6.45, 7) is 0.289. The van der Waals surface area contributed by atoms with Gasteiger partial charge in [-0.3, -0.25) is 24.6 Å². The molecule has 10 nitrogen and oxygen atoms in total. The first-order valence-corrected chi connectivity index (χ1v) is 11.3. The van der Waals surface area contributed by atoms with Crippen LogP contribution in [-0.4, -0.2) is 40.2 Å². The molecule has 3 aromatic rings. The second-order valence-corrected chi connectivity index (χ2v) is 9.25. The maximum atomic E-state index is 13.3. The van der Waals surface area contributed by atoms with Crippen LogP contribution >= 0.6 is 0 Å². The number of hydroxylamine groups is 1. The molecule has 1 atom stereocenters. The van der Waals surface area contributed by atoms with E-state index < -0.39 is 27.5 Å². The van der Waals surface area contributed by atoms with Crippen molar-refractivity contribution >= 4 is 15.9 Å². The van der Waals surface area contributed by atoms with Crippen LogP contribution in [0.2, 0.25) is 0 Å². The summed E-state index contributed by atoms with van der Waals surface area (Å²) in [5.74, 6) is -0.521. The molecule has 1 aromatic heterocycles. The Morgan fingerprint density at radius 1 is 1.19 bits per heavy atom. The first kappa shape index (κ1) is 21.8. The van der Waals surface area contributed by atoms with Crippen LogP contribution in [0.4, 0.5) is 0 Å². The molecule has 4 rings (SSSR count). The van der Waals surface area contributed by atoms with Crippen molar-refractivity contribution < 1.29 is 23.2 Å². The molecular formula is C21H22N4O6S. The Morgan fingerprint density at radius 3 is 2.53 bits per heavy atom. The van der Waals surface area contributed by atoms with Crippen LogP contribution < -0.4 is 15.8 Å². The lowest BCUT2D eigenvalue weighted by atomic mass is 10.0. The number of hydrogen-bond acceptors (Lipinski definition) is 6. The number of aromatic nitrogens is 2. The highest BCUT2D eigenvalue weighted by atomic mass is 32.2. The van der Waals surface area contributed by atoms with Crippen LogP contribution in [0.1, 0.15) is 22.9 Å². The number of benzene rings is 2. The molecule has 2 aromatic carbocycles. The SMILES string of the molecule is Cn1[nH]c2c(c1=O)C(C(=O)NO)N(S(=O)(=O)c1ccc(OCc3ccccc3)cc1)CC2. The highest BCUT2D eigenvalue weighted by molar-refractivity contribution is 7.89. The molecule has 1 amide bonds. The Hall–Kier alpha value is -3.41. The van der Waals surface area contributed by atoms with Gasteiger partial charge in [0.05, 0.1) is 10.5 Å². The molecule has 0 radical (unpaired) electrons. The fourth-order valence-electron chi connectivity index (χ4n) is 3.76. The van der Waals surface area contributed by atoms with E-state index >= 15 is 0 Å². The van der Waals surface area contributed by atoms with Crippen molar-refractivity contribution in [3.63, 3.8) is 0 Å². The van der Waals surface area contributed by atoms with Crippen molar-refractivity contribution in [2.24, 2.45) is 7.05 Å². The first-order chi connectivity index (χ1) is 15.3. The third-order valence-electron chi connectivity index (χ3n) is 5.34. The molecule has 168 valence electrons. The van der Waals surface area contributed by atoms with Crippen LogP contribution in [0.15, 0.2) is 64.3 Å². The predicted octanol–water partition coefficient (Wildman–Crippen LogP) is 1.09. The molecule has 1 aliphatic rings. The molecule has 0 spiro atoms. The second-order valence-electron chi connectivity index (χ2n) is 7.36. The van der Waals surface area contributed by atoms with Crippen molar-refractivity contribution in [1.29, 1.82) is 0 Å². The van der Waals surface area contributed by atoms with Gasteiger partial charge in [-0.05, 0) is 29.8 Å². The van der Waals surface area contributed by atoms with E-state index in [0.717, 1.165) is 9.87 Å². The van der Waals surface area contributed by atoms with Crippen LogP contribution in [0, 0.1) is 0 Å². The molecule has 1 unspecified atom stereocenters. The van der Waals surface area contributed by atoms with E-state index in [2.05, 4.69) is 5.10 Å². The molecule has 0 aliphatic carbocycles. The average molecular weight is 458 g/mol. The molecule has 1 aliphatic heterocycles. The number of fused-ring (bicyclic) bond motifs is 1. The van der Waals surface area contributed by atoms with Gasteiger partial charge in [-0.2, -0.15) is 4.31 Å². The summed E-state index contributed by atoms with van der Waals surface area (Å²) in [7, 11) is -2.68. The van der Waals surface area contributed by atoms with Gasteiger partial charge in [0.2, 0.25) is 10.0 Å². The number of aryl methyl sites for hydroxylation is 1. The zero-order chi connectivity index (χ0) is 22.9. The zero-order valence-electron chi connectivity index (χ0n) is 17.2. The smallest absolute Gasteiger partial charge is 0.271 e. The van der Waals surface area contributed by atoms with Crippen molar-refractivity contribution in [3.8, 4) is 5.75 Å². The van der Waals surface area contributed by atoms with Crippen molar-refractivity contribution in [1.82, 2.24) is 19.6 Å². The number of hydrogen-bond donors (Lipinski definition) is 3. The van der Waals surface area contributed by atoms with Gasteiger partial charge < -0.3 is 4.74 Å². The second kappa shape index (κ2) is 8.61. The van der Waals surface area contributed by atoms with Crippen LogP contribution in [0.5, 0.6) is 5.75 Å². The number of nitrogens with zero attached hydrogens (tertiary/aromatic N) is 2. The Labute approximate surface area is 184 Å². The third-order valence-corrected chi connectivity index (χ3v) is 7.22. The number of sulfonamides is 1. The van der Waals surface area contributed by atoms with Gasteiger partial charge in [0.15, 0.2) is 0 Å². The monoisotopic (exact) mass is 458 g/mol.